The SMILES string of the molecule is CN(C(=O)c1cncc(C(=O)NCc2ccncc2)c1)c1ccccc1. The van der Waals surface area contributed by atoms with Crippen molar-refractivity contribution in [2.24, 2.45) is 0 Å². The van der Waals surface area contributed by atoms with Crippen LogP contribution < -0.4 is 10.2 Å². The zero-order valence-corrected chi connectivity index (χ0v) is 14.3. The maximum absolute atomic E-state index is 12.6. The number of carbonyl (C=O) groups is 2. The fraction of sp³-hybridized carbons (Fsp3) is 0.100. The molecule has 0 saturated heterocycles. The van der Waals surface area contributed by atoms with E-state index in [9.17, 15) is 9.59 Å². The predicted octanol–water partition coefficient (Wildman–Crippen LogP) is 2.68. The molecule has 0 atom stereocenters. The molecule has 0 bridgehead atoms. The van der Waals surface area contributed by atoms with E-state index in [1.807, 2.05) is 42.5 Å². The highest BCUT2D eigenvalue weighted by Gasteiger charge is 2.16. The van der Waals surface area contributed by atoms with Gasteiger partial charge in [0.2, 0.25) is 0 Å². The number of carbonyl (C=O) groups excluding carboxylic acids is 2. The van der Waals surface area contributed by atoms with Crippen molar-refractivity contribution in [3.63, 3.8) is 0 Å². The van der Waals surface area contributed by atoms with Crippen molar-refractivity contribution in [1.29, 1.82) is 0 Å². The molecular weight excluding hydrogens is 328 g/mol. The summed E-state index contributed by atoms with van der Waals surface area (Å²) in [6, 6.07) is 14.5. The standard InChI is InChI=1S/C20H18N4O2/c1-24(18-5-3-2-4-6-18)20(26)17-11-16(13-22-14-17)19(25)23-12-15-7-9-21-10-8-15/h2-11,13-14H,12H2,1H3,(H,23,25). The molecule has 0 unspecified atom stereocenters. The highest BCUT2D eigenvalue weighted by Crippen LogP contribution is 2.15. The molecule has 1 N–H and O–H groups in total. The Bertz CT molecular complexity index is 898. The number of aromatic nitrogens is 2. The summed E-state index contributed by atoms with van der Waals surface area (Å²) >= 11 is 0. The smallest absolute Gasteiger partial charge is 0.259 e. The van der Waals surface area contributed by atoms with Gasteiger partial charge in [0.15, 0.2) is 0 Å². The lowest BCUT2D eigenvalue weighted by molar-refractivity contribution is 0.0950. The molecule has 2 amide bonds. The van der Waals surface area contributed by atoms with Crippen LogP contribution in [0, 0.1) is 0 Å². The zero-order chi connectivity index (χ0) is 18.4. The Labute approximate surface area is 151 Å². The molecule has 130 valence electrons. The van der Waals surface area contributed by atoms with Gasteiger partial charge in [-0.1, -0.05) is 18.2 Å². The summed E-state index contributed by atoms with van der Waals surface area (Å²) in [6.07, 6.45) is 6.24. The van der Waals surface area contributed by atoms with Gasteiger partial charge < -0.3 is 10.2 Å². The molecule has 3 aromatic rings. The fourth-order valence-corrected chi connectivity index (χ4v) is 2.43. The fourth-order valence-electron chi connectivity index (χ4n) is 2.43. The number of rotatable bonds is 5. The van der Waals surface area contributed by atoms with Crippen LogP contribution in [0.4, 0.5) is 5.69 Å². The average Bonchev–Trinajstić information content (AvgIpc) is 2.72. The third kappa shape index (κ3) is 4.10. The molecule has 0 aliphatic heterocycles. The van der Waals surface area contributed by atoms with Crippen molar-refractivity contribution in [1.82, 2.24) is 15.3 Å². The van der Waals surface area contributed by atoms with Crippen LogP contribution in [0.15, 0.2) is 73.3 Å². The second-order valence-corrected chi connectivity index (χ2v) is 5.70. The number of pyridine rings is 2. The zero-order valence-electron chi connectivity index (χ0n) is 14.3. The Morgan fingerprint density at radius 3 is 2.38 bits per heavy atom. The number of amides is 2. The van der Waals surface area contributed by atoms with Gasteiger partial charge in [0.25, 0.3) is 11.8 Å². The summed E-state index contributed by atoms with van der Waals surface area (Å²) in [7, 11) is 1.69. The molecular formula is C20H18N4O2. The number of para-hydroxylation sites is 1. The number of hydrogen-bond acceptors (Lipinski definition) is 4. The van der Waals surface area contributed by atoms with Crippen LogP contribution in [-0.4, -0.2) is 28.8 Å². The highest BCUT2D eigenvalue weighted by atomic mass is 16.2. The van der Waals surface area contributed by atoms with E-state index in [0.29, 0.717) is 17.7 Å². The minimum atomic E-state index is -0.286. The molecule has 0 aliphatic rings. The minimum absolute atomic E-state index is 0.229. The molecule has 6 nitrogen and oxygen atoms in total. The Morgan fingerprint density at radius 1 is 0.962 bits per heavy atom. The number of anilines is 1. The Kier molecular flexibility index (Phi) is 5.34. The van der Waals surface area contributed by atoms with E-state index in [-0.39, 0.29) is 11.8 Å². The molecule has 0 radical (unpaired) electrons. The van der Waals surface area contributed by atoms with Gasteiger partial charge in [-0.3, -0.25) is 19.6 Å². The second kappa shape index (κ2) is 8.02. The minimum Gasteiger partial charge on any atom is -0.348 e. The van der Waals surface area contributed by atoms with Crippen molar-refractivity contribution in [3.05, 3.63) is 90.0 Å². The Balaban J connectivity index is 1.71. The third-order valence-corrected chi connectivity index (χ3v) is 3.90. The van der Waals surface area contributed by atoms with E-state index >= 15 is 0 Å². The van der Waals surface area contributed by atoms with Gasteiger partial charge in [0.1, 0.15) is 0 Å². The Morgan fingerprint density at radius 2 is 1.65 bits per heavy atom. The van der Waals surface area contributed by atoms with Gasteiger partial charge in [0.05, 0.1) is 11.1 Å². The van der Waals surface area contributed by atoms with Gasteiger partial charge in [-0.05, 0) is 35.9 Å². The lowest BCUT2D eigenvalue weighted by Crippen LogP contribution is -2.27. The summed E-state index contributed by atoms with van der Waals surface area (Å²) < 4.78 is 0. The number of benzene rings is 1. The lowest BCUT2D eigenvalue weighted by atomic mass is 10.1. The van der Waals surface area contributed by atoms with Crippen LogP contribution in [-0.2, 0) is 6.54 Å². The van der Waals surface area contributed by atoms with Crippen molar-refractivity contribution >= 4 is 17.5 Å². The van der Waals surface area contributed by atoms with Gasteiger partial charge >= 0.3 is 0 Å². The first-order chi connectivity index (χ1) is 12.6. The lowest BCUT2D eigenvalue weighted by Gasteiger charge is -2.17. The monoisotopic (exact) mass is 346 g/mol. The molecule has 2 heterocycles. The molecule has 3 rings (SSSR count). The summed E-state index contributed by atoms with van der Waals surface area (Å²) in [5, 5.41) is 2.81. The van der Waals surface area contributed by atoms with Crippen LogP contribution in [0.25, 0.3) is 0 Å². The molecule has 0 saturated carbocycles. The van der Waals surface area contributed by atoms with Crippen LogP contribution >= 0.6 is 0 Å². The molecule has 1 aromatic carbocycles. The number of hydrogen-bond donors (Lipinski definition) is 1. The molecule has 0 spiro atoms. The quantitative estimate of drug-likeness (QED) is 0.771. The maximum Gasteiger partial charge on any atom is 0.259 e. The van der Waals surface area contributed by atoms with E-state index in [2.05, 4.69) is 15.3 Å². The summed E-state index contributed by atoms with van der Waals surface area (Å²) in [5.74, 6) is -0.515. The van der Waals surface area contributed by atoms with Gasteiger partial charge in [-0.15, -0.1) is 0 Å². The normalized spacial score (nSPS) is 10.2. The Hall–Kier alpha value is -3.54. The van der Waals surface area contributed by atoms with E-state index < -0.39 is 0 Å². The predicted molar refractivity (Wildman–Crippen MR) is 98.8 cm³/mol. The third-order valence-electron chi connectivity index (χ3n) is 3.90. The maximum atomic E-state index is 12.6. The van der Waals surface area contributed by atoms with Gasteiger partial charge in [-0.2, -0.15) is 0 Å². The first-order valence-corrected chi connectivity index (χ1v) is 8.10. The van der Waals surface area contributed by atoms with Crippen molar-refractivity contribution in [2.75, 3.05) is 11.9 Å². The molecule has 6 heteroatoms. The van der Waals surface area contributed by atoms with Gasteiger partial charge in [-0.25, -0.2) is 0 Å². The first-order valence-electron chi connectivity index (χ1n) is 8.10. The summed E-state index contributed by atoms with van der Waals surface area (Å²) in [6.45, 7) is 0.378. The van der Waals surface area contributed by atoms with Crippen LogP contribution in [0.2, 0.25) is 0 Å². The van der Waals surface area contributed by atoms with E-state index in [1.54, 1.807) is 25.5 Å². The average molecular weight is 346 g/mol. The first kappa shape index (κ1) is 17.3. The summed E-state index contributed by atoms with van der Waals surface area (Å²) in [4.78, 5) is 34.5. The summed E-state index contributed by atoms with van der Waals surface area (Å²) in [5.41, 5.74) is 2.40. The van der Waals surface area contributed by atoms with E-state index in [1.165, 1.54) is 17.3 Å². The topological polar surface area (TPSA) is 75.2 Å². The van der Waals surface area contributed by atoms with Crippen LogP contribution in [0.1, 0.15) is 26.3 Å². The number of nitrogens with zero attached hydrogens (tertiary/aromatic N) is 3. The molecule has 26 heavy (non-hydrogen) atoms. The molecule has 2 aromatic heterocycles. The van der Waals surface area contributed by atoms with E-state index in [4.69, 9.17) is 0 Å². The van der Waals surface area contributed by atoms with Crippen LogP contribution in [0.5, 0.6) is 0 Å². The van der Waals surface area contributed by atoms with E-state index in [0.717, 1.165) is 11.3 Å². The largest absolute Gasteiger partial charge is 0.348 e. The number of nitrogens with one attached hydrogen (secondary N) is 1. The molecule has 0 fully saturated rings. The molecule has 0 aliphatic carbocycles. The van der Waals surface area contributed by atoms with Gasteiger partial charge in [0, 0.05) is 44.1 Å². The van der Waals surface area contributed by atoms with Crippen molar-refractivity contribution < 1.29 is 9.59 Å². The second-order valence-electron chi connectivity index (χ2n) is 5.70. The van der Waals surface area contributed by atoms with Crippen molar-refractivity contribution in [3.8, 4) is 0 Å². The van der Waals surface area contributed by atoms with Crippen molar-refractivity contribution in [2.45, 2.75) is 6.54 Å². The van der Waals surface area contributed by atoms with Crippen LogP contribution in [0.3, 0.4) is 0 Å². The highest BCUT2D eigenvalue weighted by molar-refractivity contribution is 6.07.